The summed E-state index contributed by atoms with van der Waals surface area (Å²) < 4.78 is 5.50. The SMILES string of the molecule is CCNC(=NCC1CCCC1O)NC1CC(OC)C1(C)C.I. The summed E-state index contributed by atoms with van der Waals surface area (Å²) in [5, 5.41) is 16.7. The fourth-order valence-electron chi connectivity index (χ4n) is 3.45. The number of methoxy groups -OCH3 is 1. The second-order valence-electron chi connectivity index (χ2n) is 6.96. The molecule has 2 aliphatic carbocycles. The molecule has 0 heterocycles. The first-order valence-electron chi connectivity index (χ1n) is 8.24. The van der Waals surface area contributed by atoms with E-state index in [2.05, 4.69) is 36.4 Å². The highest BCUT2D eigenvalue weighted by molar-refractivity contribution is 14.0. The maximum Gasteiger partial charge on any atom is 0.191 e. The molecule has 0 bridgehead atoms. The fraction of sp³-hybridized carbons (Fsp3) is 0.938. The van der Waals surface area contributed by atoms with E-state index in [4.69, 9.17) is 4.74 Å². The highest BCUT2D eigenvalue weighted by Crippen LogP contribution is 2.42. The van der Waals surface area contributed by atoms with Crippen LogP contribution in [0.4, 0.5) is 0 Å². The van der Waals surface area contributed by atoms with Crippen LogP contribution in [0, 0.1) is 11.3 Å². The lowest BCUT2D eigenvalue weighted by atomic mass is 9.64. The van der Waals surface area contributed by atoms with Crippen LogP contribution in [0.3, 0.4) is 0 Å². The molecule has 22 heavy (non-hydrogen) atoms. The Bertz CT molecular complexity index is 376. The van der Waals surface area contributed by atoms with Crippen molar-refractivity contribution in [2.75, 3.05) is 20.2 Å². The summed E-state index contributed by atoms with van der Waals surface area (Å²) in [7, 11) is 1.78. The third kappa shape index (κ3) is 4.47. The Morgan fingerprint density at radius 3 is 2.59 bits per heavy atom. The molecule has 130 valence electrons. The molecule has 0 aromatic carbocycles. The number of nitrogens with one attached hydrogen (secondary N) is 2. The number of aliphatic imine (C=N–C) groups is 1. The number of ether oxygens (including phenoxy) is 1. The molecule has 2 fully saturated rings. The van der Waals surface area contributed by atoms with Gasteiger partial charge in [0.25, 0.3) is 0 Å². The van der Waals surface area contributed by atoms with Gasteiger partial charge in [0.15, 0.2) is 5.96 Å². The van der Waals surface area contributed by atoms with Gasteiger partial charge in [-0.2, -0.15) is 0 Å². The van der Waals surface area contributed by atoms with E-state index < -0.39 is 0 Å². The van der Waals surface area contributed by atoms with Gasteiger partial charge < -0.3 is 20.5 Å². The minimum atomic E-state index is -0.172. The van der Waals surface area contributed by atoms with E-state index in [9.17, 15) is 5.11 Å². The molecule has 0 aromatic rings. The molecule has 2 rings (SSSR count). The van der Waals surface area contributed by atoms with E-state index in [1.807, 2.05) is 0 Å². The molecular formula is C16H32IN3O2. The molecule has 0 spiro atoms. The minimum absolute atomic E-state index is 0. The quantitative estimate of drug-likeness (QED) is 0.359. The Morgan fingerprint density at radius 2 is 2.09 bits per heavy atom. The number of hydrogen-bond donors (Lipinski definition) is 3. The third-order valence-electron chi connectivity index (χ3n) is 5.22. The molecule has 0 radical (unpaired) electrons. The van der Waals surface area contributed by atoms with Gasteiger partial charge >= 0.3 is 0 Å². The molecule has 0 aromatic heterocycles. The first kappa shape index (κ1) is 20.0. The van der Waals surface area contributed by atoms with Crippen molar-refractivity contribution in [2.45, 2.75) is 64.7 Å². The summed E-state index contributed by atoms with van der Waals surface area (Å²) in [5.41, 5.74) is 0.123. The van der Waals surface area contributed by atoms with Crippen molar-refractivity contribution in [3.8, 4) is 0 Å². The summed E-state index contributed by atoms with van der Waals surface area (Å²) in [6.07, 6.45) is 4.29. The van der Waals surface area contributed by atoms with E-state index in [0.717, 1.165) is 38.2 Å². The standard InChI is InChI=1S/C16H31N3O2.HI/c1-5-17-15(18-10-11-7-6-8-12(11)20)19-13-9-14(21-4)16(13,2)3;/h11-14,20H,5-10H2,1-4H3,(H2,17,18,19);1H. The smallest absolute Gasteiger partial charge is 0.191 e. The molecule has 0 saturated heterocycles. The van der Waals surface area contributed by atoms with Gasteiger partial charge in [0.05, 0.1) is 12.2 Å². The second-order valence-corrected chi connectivity index (χ2v) is 6.96. The van der Waals surface area contributed by atoms with Gasteiger partial charge in [0, 0.05) is 37.6 Å². The van der Waals surface area contributed by atoms with Crippen LogP contribution in [-0.4, -0.2) is 49.5 Å². The van der Waals surface area contributed by atoms with Crippen LogP contribution in [0.25, 0.3) is 0 Å². The number of rotatable bonds is 5. The maximum absolute atomic E-state index is 9.89. The van der Waals surface area contributed by atoms with Gasteiger partial charge in [-0.15, -0.1) is 24.0 Å². The molecule has 6 heteroatoms. The molecule has 4 atom stereocenters. The monoisotopic (exact) mass is 425 g/mol. The first-order valence-corrected chi connectivity index (χ1v) is 8.24. The lowest BCUT2D eigenvalue weighted by Crippen LogP contribution is -2.63. The number of aliphatic hydroxyl groups is 1. The van der Waals surface area contributed by atoms with Crippen molar-refractivity contribution in [2.24, 2.45) is 16.3 Å². The summed E-state index contributed by atoms with van der Waals surface area (Å²) in [6, 6.07) is 0.383. The Balaban J connectivity index is 0.00000242. The van der Waals surface area contributed by atoms with Crippen LogP contribution in [0.2, 0.25) is 0 Å². The Morgan fingerprint density at radius 1 is 1.36 bits per heavy atom. The first-order chi connectivity index (χ1) is 9.98. The topological polar surface area (TPSA) is 65.9 Å². The van der Waals surface area contributed by atoms with Gasteiger partial charge in [-0.1, -0.05) is 20.3 Å². The van der Waals surface area contributed by atoms with E-state index in [1.165, 1.54) is 0 Å². The zero-order chi connectivity index (χ0) is 15.5. The van der Waals surface area contributed by atoms with Crippen LogP contribution in [0.1, 0.15) is 46.5 Å². The van der Waals surface area contributed by atoms with Crippen molar-refractivity contribution < 1.29 is 9.84 Å². The summed E-state index contributed by atoms with van der Waals surface area (Å²) in [6.45, 7) is 8.09. The minimum Gasteiger partial charge on any atom is -0.393 e. The Labute approximate surface area is 151 Å². The molecular weight excluding hydrogens is 393 g/mol. The molecule has 3 N–H and O–H groups in total. The zero-order valence-electron chi connectivity index (χ0n) is 14.3. The number of guanidine groups is 1. The zero-order valence-corrected chi connectivity index (χ0v) is 16.6. The number of nitrogens with zero attached hydrogens (tertiary/aromatic N) is 1. The largest absolute Gasteiger partial charge is 0.393 e. The highest BCUT2D eigenvalue weighted by Gasteiger charge is 2.48. The second kappa shape index (κ2) is 8.68. The van der Waals surface area contributed by atoms with Crippen molar-refractivity contribution >= 4 is 29.9 Å². The lowest BCUT2D eigenvalue weighted by Gasteiger charge is -2.51. The third-order valence-corrected chi connectivity index (χ3v) is 5.22. The molecule has 2 saturated carbocycles. The lowest BCUT2D eigenvalue weighted by molar-refractivity contribution is -0.0922. The van der Waals surface area contributed by atoms with Gasteiger partial charge in [-0.05, 0) is 26.2 Å². The highest BCUT2D eigenvalue weighted by atomic mass is 127. The molecule has 0 amide bonds. The van der Waals surface area contributed by atoms with Crippen LogP contribution >= 0.6 is 24.0 Å². The van der Waals surface area contributed by atoms with Crippen molar-refractivity contribution in [1.29, 1.82) is 0 Å². The van der Waals surface area contributed by atoms with E-state index in [1.54, 1.807) is 7.11 Å². The average molecular weight is 425 g/mol. The molecule has 2 aliphatic rings. The van der Waals surface area contributed by atoms with Gasteiger partial charge in [-0.25, -0.2) is 0 Å². The van der Waals surface area contributed by atoms with Gasteiger partial charge in [0.1, 0.15) is 0 Å². The summed E-state index contributed by atoms with van der Waals surface area (Å²) >= 11 is 0. The van der Waals surface area contributed by atoms with Crippen LogP contribution < -0.4 is 10.6 Å². The average Bonchev–Trinajstić information content (AvgIpc) is 2.85. The maximum atomic E-state index is 9.89. The molecule has 4 unspecified atom stereocenters. The van der Waals surface area contributed by atoms with Crippen LogP contribution in [0.15, 0.2) is 4.99 Å². The summed E-state index contributed by atoms with van der Waals surface area (Å²) in [5.74, 6) is 1.19. The Kier molecular flexibility index (Phi) is 7.88. The van der Waals surface area contributed by atoms with Crippen molar-refractivity contribution in [3.63, 3.8) is 0 Å². The van der Waals surface area contributed by atoms with Crippen LogP contribution in [-0.2, 0) is 4.74 Å². The van der Waals surface area contributed by atoms with Gasteiger partial charge in [0.2, 0.25) is 0 Å². The van der Waals surface area contributed by atoms with E-state index in [-0.39, 0.29) is 35.5 Å². The fourth-order valence-corrected chi connectivity index (χ4v) is 3.45. The molecule has 5 nitrogen and oxygen atoms in total. The van der Waals surface area contributed by atoms with Gasteiger partial charge in [-0.3, -0.25) is 4.99 Å². The van der Waals surface area contributed by atoms with E-state index >= 15 is 0 Å². The predicted octanol–water partition coefficient (Wildman–Crippen LogP) is 2.13. The van der Waals surface area contributed by atoms with Crippen molar-refractivity contribution in [3.05, 3.63) is 0 Å². The summed E-state index contributed by atoms with van der Waals surface area (Å²) in [4.78, 5) is 4.68. The van der Waals surface area contributed by atoms with Crippen molar-refractivity contribution in [1.82, 2.24) is 10.6 Å². The number of hydrogen-bond acceptors (Lipinski definition) is 3. The predicted molar refractivity (Wildman–Crippen MR) is 101 cm³/mol. The normalized spacial score (nSPS) is 33.8. The number of halogens is 1. The van der Waals surface area contributed by atoms with E-state index in [0.29, 0.717) is 24.6 Å². The number of aliphatic hydroxyl groups excluding tert-OH is 1. The molecule has 0 aliphatic heterocycles. The van der Waals surface area contributed by atoms with Crippen LogP contribution in [0.5, 0.6) is 0 Å². The Hall–Kier alpha value is -0.0800.